The third-order valence-corrected chi connectivity index (χ3v) is 6.23. The van der Waals surface area contributed by atoms with Crippen molar-refractivity contribution in [1.82, 2.24) is 10.2 Å². The Labute approximate surface area is 151 Å². The van der Waals surface area contributed by atoms with Crippen LogP contribution in [0.1, 0.15) is 43.2 Å². The van der Waals surface area contributed by atoms with Crippen molar-refractivity contribution >= 4 is 0 Å². The molecule has 2 fully saturated rings. The van der Waals surface area contributed by atoms with Crippen molar-refractivity contribution in [1.29, 1.82) is 0 Å². The number of ether oxygens (including phenoxy) is 1. The summed E-state index contributed by atoms with van der Waals surface area (Å²) in [5, 5.41) is 14.0. The number of fused-ring (bicyclic) bond motifs is 1. The highest BCUT2D eigenvalue weighted by Gasteiger charge is 2.32. The van der Waals surface area contributed by atoms with Crippen LogP contribution < -0.4 is 10.1 Å². The van der Waals surface area contributed by atoms with Crippen molar-refractivity contribution < 1.29 is 9.84 Å². The molecular formula is C21H32N2O2. The second kappa shape index (κ2) is 7.65. The molecule has 4 heteroatoms. The van der Waals surface area contributed by atoms with E-state index in [1.54, 1.807) is 0 Å². The van der Waals surface area contributed by atoms with Gasteiger partial charge in [-0.05, 0) is 93.8 Å². The molecule has 4 rings (SSSR count). The van der Waals surface area contributed by atoms with Crippen molar-refractivity contribution in [2.75, 3.05) is 39.3 Å². The normalized spacial score (nSPS) is 28.0. The van der Waals surface area contributed by atoms with Crippen LogP contribution in [0.4, 0.5) is 0 Å². The lowest BCUT2D eigenvalue weighted by Gasteiger charge is -2.40. The summed E-state index contributed by atoms with van der Waals surface area (Å²) in [4.78, 5) is 2.44. The van der Waals surface area contributed by atoms with Gasteiger partial charge in [0.2, 0.25) is 0 Å². The Morgan fingerprint density at radius 2 is 2.00 bits per heavy atom. The van der Waals surface area contributed by atoms with Crippen LogP contribution in [0.2, 0.25) is 0 Å². The fourth-order valence-electron chi connectivity index (χ4n) is 4.67. The molecule has 1 aromatic carbocycles. The third kappa shape index (κ3) is 4.36. The number of rotatable bonds is 5. The first kappa shape index (κ1) is 17.3. The van der Waals surface area contributed by atoms with E-state index in [1.807, 2.05) is 0 Å². The fourth-order valence-corrected chi connectivity index (χ4v) is 4.67. The number of likely N-dealkylation sites (tertiary alicyclic amines) is 1. The molecule has 0 radical (unpaired) electrons. The Kier molecular flexibility index (Phi) is 5.30. The number of piperidine rings is 2. The van der Waals surface area contributed by atoms with Gasteiger partial charge in [-0.2, -0.15) is 0 Å². The molecule has 1 aliphatic carbocycles. The first-order valence-corrected chi connectivity index (χ1v) is 10.1. The second-order valence-electron chi connectivity index (χ2n) is 8.32. The molecule has 0 spiro atoms. The number of nitrogens with one attached hydrogen (secondary N) is 1. The second-order valence-corrected chi connectivity index (χ2v) is 8.32. The highest BCUT2D eigenvalue weighted by Crippen LogP contribution is 2.27. The van der Waals surface area contributed by atoms with Gasteiger partial charge in [0.25, 0.3) is 0 Å². The van der Waals surface area contributed by atoms with Gasteiger partial charge >= 0.3 is 0 Å². The molecule has 0 unspecified atom stereocenters. The molecular weight excluding hydrogens is 312 g/mol. The van der Waals surface area contributed by atoms with E-state index in [0.29, 0.717) is 5.92 Å². The van der Waals surface area contributed by atoms with Crippen LogP contribution in [-0.2, 0) is 12.8 Å². The van der Waals surface area contributed by atoms with Crippen LogP contribution in [0.3, 0.4) is 0 Å². The molecule has 138 valence electrons. The van der Waals surface area contributed by atoms with Crippen molar-refractivity contribution in [3.8, 4) is 5.75 Å². The molecule has 2 saturated heterocycles. The molecule has 25 heavy (non-hydrogen) atoms. The number of nitrogens with zero attached hydrogens (tertiary/aromatic N) is 1. The van der Waals surface area contributed by atoms with E-state index in [9.17, 15) is 5.11 Å². The molecule has 0 saturated carbocycles. The van der Waals surface area contributed by atoms with Crippen LogP contribution >= 0.6 is 0 Å². The molecule has 2 heterocycles. The lowest BCUT2D eigenvalue weighted by molar-refractivity contribution is -0.0238. The number of hydrogen-bond acceptors (Lipinski definition) is 4. The SMILES string of the molecule is O[C@]1(CN2CCC(COc3ccc4c(c3)CCC4)CC2)CCCNC1. The van der Waals surface area contributed by atoms with Crippen LogP contribution in [0.15, 0.2) is 18.2 Å². The molecule has 1 atom stereocenters. The van der Waals surface area contributed by atoms with Gasteiger partial charge in [0.1, 0.15) is 5.75 Å². The predicted molar refractivity (Wildman–Crippen MR) is 100 cm³/mol. The topological polar surface area (TPSA) is 44.7 Å². The Hall–Kier alpha value is -1.10. The minimum Gasteiger partial charge on any atom is -0.493 e. The first-order chi connectivity index (χ1) is 12.2. The molecule has 4 nitrogen and oxygen atoms in total. The van der Waals surface area contributed by atoms with Gasteiger partial charge in [-0.25, -0.2) is 0 Å². The zero-order valence-electron chi connectivity index (χ0n) is 15.3. The maximum Gasteiger partial charge on any atom is 0.119 e. The summed E-state index contributed by atoms with van der Waals surface area (Å²) in [6.45, 7) is 5.61. The van der Waals surface area contributed by atoms with Crippen LogP contribution in [0.25, 0.3) is 0 Å². The summed E-state index contributed by atoms with van der Waals surface area (Å²) in [6.07, 6.45) is 8.10. The quantitative estimate of drug-likeness (QED) is 0.861. The maximum atomic E-state index is 10.7. The third-order valence-electron chi connectivity index (χ3n) is 6.23. The largest absolute Gasteiger partial charge is 0.493 e. The van der Waals surface area contributed by atoms with E-state index in [4.69, 9.17) is 4.74 Å². The standard InChI is InChI=1S/C21H32N2O2/c24-21(9-2-10-22-15-21)16-23-11-7-17(8-12-23)14-25-20-6-5-18-3-1-4-19(18)13-20/h5-6,13,17,22,24H,1-4,7-12,14-16H2/t21-/m1/s1. The van der Waals surface area contributed by atoms with Crippen LogP contribution in [-0.4, -0.2) is 54.9 Å². The van der Waals surface area contributed by atoms with Crippen molar-refractivity contribution in [2.24, 2.45) is 5.92 Å². The van der Waals surface area contributed by atoms with E-state index in [1.165, 1.54) is 43.2 Å². The Balaban J connectivity index is 1.21. The number of β-amino-alcohol motifs (C(OH)–C–C–N with tert-alkyl or cyclic N) is 1. The summed E-state index contributed by atoms with van der Waals surface area (Å²) in [5.41, 5.74) is 2.48. The van der Waals surface area contributed by atoms with Gasteiger partial charge in [0.15, 0.2) is 0 Å². The maximum absolute atomic E-state index is 10.7. The van der Waals surface area contributed by atoms with Gasteiger partial charge in [-0.3, -0.25) is 0 Å². The summed E-state index contributed by atoms with van der Waals surface area (Å²) < 4.78 is 6.10. The average molecular weight is 344 g/mol. The number of aliphatic hydroxyl groups is 1. The Bertz CT molecular complexity index is 575. The molecule has 0 bridgehead atoms. The van der Waals surface area contributed by atoms with Crippen molar-refractivity contribution in [2.45, 2.75) is 50.5 Å². The lowest BCUT2D eigenvalue weighted by Crippen LogP contribution is -2.54. The molecule has 2 N–H and O–H groups in total. The summed E-state index contributed by atoms with van der Waals surface area (Å²) >= 11 is 0. The number of aryl methyl sites for hydroxylation is 2. The van der Waals surface area contributed by atoms with E-state index in [-0.39, 0.29) is 0 Å². The molecule has 0 aromatic heterocycles. The predicted octanol–water partition coefficient (Wildman–Crippen LogP) is 2.38. The minimum atomic E-state index is -0.522. The van der Waals surface area contributed by atoms with Crippen LogP contribution in [0.5, 0.6) is 5.75 Å². The van der Waals surface area contributed by atoms with Gasteiger partial charge in [0.05, 0.1) is 12.2 Å². The summed E-state index contributed by atoms with van der Waals surface area (Å²) in [6, 6.07) is 6.65. The Morgan fingerprint density at radius 1 is 1.16 bits per heavy atom. The van der Waals surface area contributed by atoms with Gasteiger partial charge < -0.3 is 20.1 Å². The molecule has 1 aromatic rings. The molecule has 0 amide bonds. The van der Waals surface area contributed by atoms with Gasteiger partial charge in [0, 0.05) is 13.1 Å². The monoisotopic (exact) mass is 344 g/mol. The fraction of sp³-hybridized carbons (Fsp3) is 0.714. The highest BCUT2D eigenvalue weighted by molar-refractivity contribution is 5.38. The van der Waals surface area contributed by atoms with Gasteiger partial charge in [-0.1, -0.05) is 6.07 Å². The lowest BCUT2D eigenvalue weighted by atomic mass is 9.91. The Morgan fingerprint density at radius 3 is 2.80 bits per heavy atom. The van der Waals surface area contributed by atoms with E-state index < -0.39 is 5.60 Å². The first-order valence-electron chi connectivity index (χ1n) is 10.1. The molecule has 2 aliphatic heterocycles. The summed E-state index contributed by atoms with van der Waals surface area (Å²) in [5.74, 6) is 1.69. The zero-order valence-corrected chi connectivity index (χ0v) is 15.3. The van der Waals surface area contributed by atoms with E-state index in [2.05, 4.69) is 28.4 Å². The van der Waals surface area contributed by atoms with E-state index >= 15 is 0 Å². The number of benzene rings is 1. The molecule has 3 aliphatic rings. The van der Waals surface area contributed by atoms with Crippen molar-refractivity contribution in [3.63, 3.8) is 0 Å². The van der Waals surface area contributed by atoms with E-state index in [0.717, 1.165) is 57.9 Å². The van der Waals surface area contributed by atoms with Crippen molar-refractivity contribution in [3.05, 3.63) is 29.3 Å². The minimum absolute atomic E-state index is 0.522. The van der Waals surface area contributed by atoms with Crippen LogP contribution in [0, 0.1) is 5.92 Å². The highest BCUT2D eigenvalue weighted by atomic mass is 16.5. The smallest absolute Gasteiger partial charge is 0.119 e. The zero-order chi connectivity index (χ0) is 17.1. The summed E-state index contributed by atoms with van der Waals surface area (Å²) in [7, 11) is 0. The van der Waals surface area contributed by atoms with Gasteiger partial charge in [-0.15, -0.1) is 0 Å². The average Bonchev–Trinajstić information content (AvgIpc) is 3.09. The number of hydrogen-bond donors (Lipinski definition) is 2.